The first-order chi connectivity index (χ1) is 12.9. The number of nitro benzene ring substituents is 1. The van der Waals surface area contributed by atoms with Gasteiger partial charge in [0.25, 0.3) is 5.69 Å². The summed E-state index contributed by atoms with van der Waals surface area (Å²) >= 11 is 0. The molecule has 0 fully saturated rings. The predicted octanol–water partition coefficient (Wildman–Crippen LogP) is 4.80. The zero-order valence-electron chi connectivity index (χ0n) is 15.4. The zero-order chi connectivity index (χ0) is 19.8. The van der Waals surface area contributed by atoms with E-state index in [0.29, 0.717) is 0 Å². The highest BCUT2D eigenvalue weighted by atomic mass is 16.6. The third-order valence-corrected chi connectivity index (χ3v) is 3.82. The molecule has 0 radical (unpaired) electrons. The summed E-state index contributed by atoms with van der Waals surface area (Å²) in [5.41, 5.74) is 2.05. The summed E-state index contributed by atoms with van der Waals surface area (Å²) in [4.78, 5) is 22.0. The maximum absolute atomic E-state index is 11.9. The van der Waals surface area contributed by atoms with Crippen molar-refractivity contribution in [2.24, 2.45) is 5.92 Å². The highest BCUT2D eigenvalue weighted by Crippen LogP contribution is 2.25. The number of non-ortho nitro benzene ring substituents is 1. The Morgan fingerprint density at radius 2 is 1.63 bits per heavy atom. The quantitative estimate of drug-likeness (QED) is 0.175. The van der Waals surface area contributed by atoms with E-state index in [0.717, 1.165) is 16.9 Å². The van der Waals surface area contributed by atoms with E-state index >= 15 is 0 Å². The van der Waals surface area contributed by atoms with E-state index in [4.69, 9.17) is 9.47 Å². The van der Waals surface area contributed by atoms with Gasteiger partial charge in [-0.1, -0.05) is 38.1 Å². The lowest BCUT2D eigenvalue weighted by Crippen LogP contribution is -2.03. The zero-order valence-corrected chi connectivity index (χ0v) is 15.4. The predicted molar refractivity (Wildman–Crippen MR) is 104 cm³/mol. The van der Waals surface area contributed by atoms with Gasteiger partial charge in [0.1, 0.15) is 11.5 Å². The fourth-order valence-electron chi connectivity index (χ4n) is 2.42. The lowest BCUT2D eigenvalue weighted by atomic mass is 9.95. The summed E-state index contributed by atoms with van der Waals surface area (Å²) in [5.74, 6) is 0.731. The second-order valence-electron chi connectivity index (χ2n) is 6.04. The highest BCUT2D eigenvalue weighted by Gasteiger charge is 2.07. The Balaban J connectivity index is 2.06. The maximum Gasteiger partial charge on any atom is 0.336 e. The molecule has 140 valence electrons. The molecule has 0 heterocycles. The summed E-state index contributed by atoms with van der Waals surface area (Å²) in [6, 6.07) is 13.0. The third-order valence-electron chi connectivity index (χ3n) is 3.82. The molecule has 0 aliphatic heterocycles. The molecule has 0 unspecified atom stereocenters. The van der Waals surface area contributed by atoms with E-state index in [1.807, 2.05) is 30.3 Å². The Labute approximate surface area is 157 Å². The number of methoxy groups -OCH3 is 1. The fourth-order valence-corrected chi connectivity index (χ4v) is 2.42. The molecule has 0 saturated carbocycles. The largest absolute Gasteiger partial charge is 0.497 e. The fraction of sp³-hybridized carbons (Fsp3) is 0.190. The number of allylic oxidation sites excluding steroid dienone is 3. The van der Waals surface area contributed by atoms with Crippen LogP contribution in [0.4, 0.5) is 5.69 Å². The maximum atomic E-state index is 11.9. The van der Waals surface area contributed by atoms with Crippen molar-refractivity contribution in [3.05, 3.63) is 82.4 Å². The van der Waals surface area contributed by atoms with E-state index in [1.165, 1.54) is 30.3 Å². The van der Waals surface area contributed by atoms with Crippen LogP contribution in [0.2, 0.25) is 0 Å². The number of carbonyl (C=O) groups excluding carboxylic acids is 1. The minimum absolute atomic E-state index is 0.0608. The van der Waals surface area contributed by atoms with E-state index in [2.05, 4.69) is 13.8 Å². The molecule has 0 aliphatic rings. The molecule has 0 atom stereocenters. The molecule has 0 spiro atoms. The van der Waals surface area contributed by atoms with Gasteiger partial charge in [-0.25, -0.2) is 4.79 Å². The number of rotatable bonds is 7. The van der Waals surface area contributed by atoms with E-state index in [1.54, 1.807) is 13.2 Å². The topological polar surface area (TPSA) is 78.7 Å². The van der Waals surface area contributed by atoms with E-state index < -0.39 is 10.9 Å². The molecule has 0 saturated heterocycles. The first-order valence-electron chi connectivity index (χ1n) is 8.39. The Hall–Kier alpha value is -3.41. The summed E-state index contributed by atoms with van der Waals surface area (Å²) in [6.07, 6.45) is 4.81. The summed E-state index contributed by atoms with van der Waals surface area (Å²) in [7, 11) is 1.62. The molecule has 0 aliphatic carbocycles. The first kappa shape index (κ1) is 19.9. The molecule has 6 heteroatoms. The number of nitro groups is 1. The third kappa shape index (κ3) is 5.81. The summed E-state index contributed by atoms with van der Waals surface area (Å²) in [5, 5.41) is 10.6. The van der Waals surface area contributed by atoms with Crippen molar-refractivity contribution >= 4 is 17.2 Å². The molecule has 0 amide bonds. The van der Waals surface area contributed by atoms with Gasteiger partial charge < -0.3 is 9.47 Å². The van der Waals surface area contributed by atoms with Crippen LogP contribution in [-0.4, -0.2) is 18.0 Å². The van der Waals surface area contributed by atoms with Crippen molar-refractivity contribution in [2.75, 3.05) is 7.11 Å². The second-order valence-corrected chi connectivity index (χ2v) is 6.04. The van der Waals surface area contributed by atoms with Crippen LogP contribution in [0.1, 0.15) is 19.4 Å². The van der Waals surface area contributed by atoms with Crippen LogP contribution in [0.25, 0.3) is 5.57 Å². The number of carbonyl (C=O) groups is 1. The number of ether oxygens (including phenoxy) is 2. The van der Waals surface area contributed by atoms with Crippen LogP contribution in [0.15, 0.2) is 66.8 Å². The van der Waals surface area contributed by atoms with Crippen molar-refractivity contribution in [3.8, 4) is 11.5 Å². The van der Waals surface area contributed by atoms with Gasteiger partial charge in [0, 0.05) is 18.2 Å². The monoisotopic (exact) mass is 367 g/mol. The average Bonchev–Trinajstić information content (AvgIpc) is 2.65. The molecular weight excluding hydrogens is 346 g/mol. The lowest BCUT2D eigenvalue weighted by molar-refractivity contribution is -0.384. The number of benzene rings is 2. The minimum Gasteiger partial charge on any atom is -0.497 e. The van der Waals surface area contributed by atoms with Crippen molar-refractivity contribution in [1.82, 2.24) is 0 Å². The second kappa shape index (κ2) is 9.33. The van der Waals surface area contributed by atoms with E-state index in [-0.39, 0.29) is 17.4 Å². The first-order valence-corrected chi connectivity index (χ1v) is 8.39. The van der Waals surface area contributed by atoms with Crippen LogP contribution < -0.4 is 9.47 Å². The Bertz CT molecular complexity index is 849. The van der Waals surface area contributed by atoms with Crippen molar-refractivity contribution in [1.29, 1.82) is 0 Å². The SMILES string of the molecule is COc1ccc(C(=CC=CC(=O)Oc2ccc([N+](=O)[O-])cc2)C(C)C)cc1. The molecule has 2 rings (SSSR count). The number of hydrogen-bond acceptors (Lipinski definition) is 5. The molecule has 0 aromatic heterocycles. The van der Waals surface area contributed by atoms with Gasteiger partial charge in [-0.05, 0) is 41.3 Å². The van der Waals surface area contributed by atoms with Gasteiger partial charge in [-0.3, -0.25) is 10.1 Å². The number of hydrogen-bond donors (Lipinski definition) is 0. The Morgan fingerprint density at radius 1 is 1.04 bits per heavy atom. The number of nitrogens with zero attached hydrogens (tertiary/aromatic N) is 1. The standard InChI is InChI=1S/C21H21NO5/c1-15(2)20(16-7-11-18(26-3)12-8-16)5-4-6-21(23)27-19-13-9-17(10-14-19)22(24)25/h4-15H,1-3H3. The van der Waals surface area contributed by atoms with E-state index in [9.17, 15) is 14.9 Å². The van der Waals surface area contributed by atoms with Gasteiger partial charge in [0.15, 0.2) is 0 Å². The highest BCUT2D eigenvalue weighted by molar-refractivity contribution is 5.85. The van der Waals surface area contributed by atoms with Gasteiger partial charge >= 0.3 is 5.97 Å². The normalized spacial score (nSPS) is 11.6. The average molecular weight is 367 g/mol. The summed E-state index contributed by atoms with van der Waals surface area (Å²) < 4.78 is 10.3. The lowest BCUT2D eigenvalue weighted by Gasteiger charge is -2.11. The molecule has 2 aromatic rings. The van der Waals surface area contributed by atoms with Crippen molar-refractivity contribution in [3.63, 3.8) is 0 Å². The number of esters is 1. The van der Waals surface area contributed by atoms with Crippen LogP contribution >= 0.6 is 0 Å². The Morgan fingerprint density at radius 3 is 2.15 bits per heavy atom. The van der Waals surface area contributed by atoms with Crippen LogP contribution in [0, 0.1) is 16.0 Å². The van der Waals surface area contributed by atoms with Crippen molar-refractivity contribution < 1.29 is 19.2 Å². The molecule has 0 bridgehead atoms. The smallest absolute Gasteiger partial charge is 0.336 e. The molecule has 27 heavy (non-hydrogen) atoms. The van der Waals surface area contributed by atoms with Gasteiger partial charge in [-0.2, -0.15) is 0 Å². The molecule has 6 nitrogen and oxygen atoms in total. The van der Waals surface area contributed by atoms with Gasteiger partial charge in [0.2, 0.25) is 0 Å². The Kier molecular flexibility index (Phi) is 6.88. The molecule has 0 N–H and O–H groups in total. The van der Waals surface area contributed by atoms with Crippen LogP contribution in [0.5, 0.6) is 11.5 Å². The minimum atomic E-state index is -0.557. The summed E-state index contributed by atoms with van der Waals surface area (Å²) in [6.45, 7) is 4.14. The molecular formula is C21H21NO5. The van der Waals surface area contributed by atoms with Gasteiger partial charge in [-0.15, -0.1) is 0 Å². The van der Waals surface area contributed by atoms with Crippen LogP contribution in [-0.2, 0) is 4.79 Å². The van der Waals surface area contributed by atoms with Gasteiger partial charge in [0.05, 0.1) is 12.0 Å². The molecule has 2 aromatic carbocycles. The van der Waals surface area contributed by atoms with Crippen LogP contribution in [0.3, 0.4) is 0 Å². The van der Waals surface area contributed by atoms with Crippen molar-refractivity contribution in [2.45, 2.75) is 13.8 Å².